The molecular weight excluding hydrogens is 448 g/mol. The van der Waals surface area contributed by atoms with Crippen LogP contribution in [-0.2, 0) is 11.4 Å². The fraction of sp³-hybridized carbons (Fsp3) is 0.185. The lowest BCUT2D eigenvalue weighted by atomic mass is 10.1. The third kappa shape index (κ3) is 5.43. The number of carbonyl (C=O) groups is 1. The van der Waals surface area contributed by atoms with Crippen molar-refractivity contribution in [3.05, 3.63) is 88.8 Å². The lowest BCUT2D eigenvalue weighted by Crippen LogP contribution is -2.28. The molecule has 0 N–H and O–H groups in total. The van der Waals surface area contributed by atoms with Gasteiger partial charge in [0.2, 0.25) is 0 Å². The molecule has 1 aliphatic rings. The summed E-state index contributed by atoms with van der Waals surface area (Å²) >= 11 is 1.36. The lowest BCUT2D eigenvalue weighted by molar-refractivity contribution is -0.122. The molecule has 0 atom stereocenters. The number of thioether (sulfide) groups is 1. The number of ether oxygens (including phenoxy) is 3. The van der Waals surface area contributed by atoms with E-state index in [2.05, 4.69) is 4.99 Å². The van der Waals surface area contributed by atoms with E-state index >= 15 is 0 Å². The van der Waals surface area contributed by atoms with Gasteiger partial charge in [-0.05, 0) is 72.3 Å². The molecule has 1 saturated heterocycles. The zero-order chi connectivity index (χ0) is 23.9. The minimum Gasteiger partial charge on any atom is -0.497 e. The number of benzene rings is 3. The molecule has 0 spiro atoms. The first kappa shape index (κ1) is 23.4. The van der Waals surface area contributed by atoms with Gasteiger partial charge in [-0.25, -0.2) is 4.99 Å². The van der Waals surface area contributed by atoms with Crippen LogP contribution in [0.15, 0.2) is 82.7 Å². The molecule has 34 heavy (non-hydrogen) atoms. The van der Waals surface area contributed by atoms with Crippen molar-refractivity contribution < 1.29 is 19.0 Å². The maximum atomic E-state index is 13.0. The van der Waals surface area contributed by atoms with Crippen molar-refractivity contribution in [1.82, 2.24) is 4.90 Å². The minimum atomic E-state index is -0.0665. The Kier molecular flexibility index (Phi) is 7.54. The lowest BCUT2D eigenvalue weighted by Gasteiger charge is -2.12. The van der Waals surface area contributed by atoms with Crippen molar-refractivity contribution >= 4 is 34.6 Å². The third-order valence-corrected chi connectivity index (χ3v) is 6.23. The Morgan fingerprint density at radius 3 is 2.38 bits per heavy atom. The van der Waals surface area contributed by atoms with E-state index in [0.29, 0.717) is 34.7 Å². The number of carbonyl (C=O) groups excluding carboxylic acids is 1. The number of hydrogen-bond donors (Lipinski definition) is 0. The van der Waals surface area contributed by atoms with Crippen LogP contribution in [0.5, 0.6) is 17.2 Å². The van der Waals surface area contributed by atoms with E-state index in [1.54, 1.807) is 19.1 Å². The van der Waals surface area contributed by atoms with E-state index in [9.17, 15) is 4.79 Å². The molecule has 0 unspecified atom stereocenters. The summed E-state index contributed by atoms with van der Waals surface area (Å²) in [4.78, 5) is 20.0. The second-order valence-electron chi connectivity index (χ2n) is 7.44. The van der Waals surface area contributed by atoms with Crippen molar-refractivity contribution in [3.63, 3.8) is 0 Å². The van der Waals surface area contributed by atoms with Crippen molar-refractivity contribution in [1.29, 1.82) is 0 Å². The van der Waals surface area contributed by atoms with Gasteiger partial charge < -0.3 is 14.2 Å². The molecule has 0 saturated carbocycles. The maximum Gasteiger partial charge on any atom is 0.266 e. The normalized spacial score (nSPS) is 15.7. The van der Waals surface area contributed by atoms with Crippen LogP contribution in [0.25, 0.3) is 6.08 Å². The molecule has 6 nitrogen and oxygen atoms in total. The van der Waals surface area contributed by atoms with Crippen LogP contribution in [0.4, 0.5) is 5.69 Å². The van der Waals surface area contributed by atoms with Gasteiger partial charge in [-0.1, -0.05) is 36.4 Å². The summed E-state index contributed by atoms with van der Waals surface area (Å²) in [6, 6.07) is 23.0. The summed E-state index contributed by atoms with van der Waals surface area (Å²) in [5, 5.41) is 0.652. The summed E-state index contributed by atoms with van der Waals surface area (Å²) in [7, 11) is 3.23. The van der Waals surface area contributed by atoms with Gasteiger partial charge in [0.15, 0.2) is 16.7 Å². The largest absolute Gasteiger partial charge is 0.497 e. The number of methoxy groups -OCH3 is 2. The molecular formula is C27H26N2O4S. The standard InChI is InChI=1S/C27H26N2O4S/c1-4-29-26(30)25(34-27(29)28-21-11-13-22(31-2)14-12-21)17-20-10-15-23(24(16-20)32-3)33-18-19-8-6-5-7-9-19/h5-17H,4,18H2,1-3H3/b25-17+,28-27?. The molecule has 3 aromatic rings. The van der Waals surface area contributed by atoms with Crippen molar-refractivity contribution in [2.75, 3.05) is 20.8 Å². The molecule has 1 amide bonds. The summed E-state index contributed by atoms with van der Waals surface area (Å²) in [5.41, 5.74) is 2.69. The molecule has 1 aliphatic heterocycles. The number of likely N-dealkylation sites (N-methyl/N-ethyl adjacent to an activating group) is 1. The number of amidine groups is 1. The minimum absolute atomic E-state index is 0.0665. The van der Waals surface area contributed by atoms with Crippen LogP contribution in [0.1, 0.15) is 18.1 Å². The highest BCUT2D eigenvalue weighted by Crippen LogP contribution is 2.36. The van der Waals surface area contributed by atoms with Gasteiger partial charge in [-0.2, -0.15) is 0 Å². The summed E-state index contributed by atoms with van der Waals surface area (Å²) in [6.45, 7) is 2.92. The number of rotatable bonds is 8. The van der Waals surface area contributed by atoms with Gasteiger partial charge in [0, 0.05) is 6.54 Å². The first-order valence-corrected chi connectivity index (χ1v) is 11.7. The van der Waals surface area contributed by atoms with Gasteiger partial charge in [-0.3, -0.25) is 9.69 Å². The van der Waals surface area contributed by atoms with E-state index in [1.807, 2.05) is 85.8 Å². The molecule has 0 radical (unpaired) electrons. The van der Waals surface area contributed by atoms with Crippen LogP contribution in [0.3, 0.4) is 0 Å². The second-order valence-corrected chi connectivity index (χ2v) is 8.45. The van der Waals surface area contributed by atoms with Crippen LogP contribution in [0.2, 0.25) is 0 Å². The SMILES string of the molecule is CCN1C(=O)/C(=C\c2ccc(OCc3ccccc3)c(OC)c2)SC1=Nc1ccc(OC)cc1. The molecule has 174 valence electrons. The van der Waals surface area contributed by atoms with Crippen molar-refractivity contribution in [2.45, 2.75) is 13.5 Å². The molecule has 0 aromatic heterocycles. The maximum absolute atomic E-state index is 13.0. The van der Waals surface area contributed by atoms with E-state index in [1.165, 1.54) is 11.8 Å². The zero-order valence-electron chi connectivity index (χ0n) is 19.4. The summed E-state index contributed by atoms with van der Waals surface area (Å²) < 4.78 is 16.7. The van der Waals surface area contributed by atoms with Crippen LogP contribution in [0, 0.1) is 0 Å². The molecule has 4 rings (SSSR count). The highest BCUT2D eigenvalue weighted by Gasteiger charge is 2.32. The van der Waals surface area contributed by atoms with Crippen molar-refractivity contribution in [2.24, 2.45) is 4.99 Å². The monoisotopic (exact) mass is 474 g/mol. The van der Waals surface area contributed by atoms with Crippen LogP contribution < -0.4 is 14.2 Å². The first-order valence-electron chi connectivity index (χ1n) is 10.9. The average Bonchev–Trinajstić information content (AvgIpc) is 3.17. The van der Waals surface area contributed by atoms with E-state index in [4.69, 9.17) is 14.2 Å². The Morgan fingerprint density at radius 2 is 1.71 bits per heavy atom. The molecule has 0 bridgehead atoms. The Bertz CT molecular complexity index is 1210. The predicted octanol–water partition coefficient (Wildman–Crippen LogP) is 5.91. The predicted molar refractivity (Wildman–Crippen MR) is 137 cm³/mol. The molecule has 1 heterocycles. The number of amides is 1. The van der Waals surface area contributed by atoms with Crippen LogP contribution in [-0.4, -0.2) is 36.7 Å². The third-order valence-electron chi connectivity index (χ3n) is 5.22. The molecule has 0 aliphatic carbocycles. The van der Waals surface area contributed by atoms with Gasteiger partial charge >= 0.3 is 0 Å². The zero-order valence-corrected chi connectivity index (χ0v) is 20.2. The van der Waals surface area contributed by atoms with Gasteiger partial charge in [-0.15, -0.1) is 0 Å². The highest BCUT2D eigenvalue weighted by molar-refractivity contribution is 8.18. The Hall–Kier alpha value is -3.71. The van der Waals surface area contributed by atoms with Crippen LogP contribution >= 0.6 is 11.8 Å². The Labute approximate surface area is 203 Å². The number of nitrogens with zero attached hydrogens (tertiary/aromatic N) is 2. The van der Waals surface area contributed by atoms with Gasteiger partial charge in [0.05, 0.1) is 24.8 Å². The summed E-state index contributed by atoms with van der Waals surface area (Å²) in [5.74, 6) is 1.95. The highest BCUT2D eigenvalue weighted by atomic mass is 32.2. The van der Waals surface area contributed by atoms with Gasteiger partial charge in [0.25, 0.3) is 5.91 Å². The quantitative estimate of drug-likeness (QED) is 0.380. The second kappa shape index (κ2) is 10.9. The fourth-order valence-corrected chi connectivity index (χ4v) is 4.48. The van der Waals surface area contributed by atoms with E-state index in [-0.39, 0.29) is 5.91 Å². The summed E-state index contributed by atoms with van der Waals surface area (Å²) in [6.07, 6.45) is 1.86. The first-order chi connectivity index (χ1) is 16.6. The smallest absolute Gasteiger partial charge is 0.266 e. The Morgan fingerprint density at radius 1 is 0.941 bits per heavy atom. The average molecular weight is 475 g/mol. The number of hydrogen-bond acceptors (Lipinski definition) is 6. The topological polar surface area (TPSA) is 60.4 Å². The van der Waals surface area contributed by atoms with E-state index < -0.39 is 0 Å². The Balaban J connectivity index is 1.54. The van der Waals surface area contributed by atoms with E-state index in [0.717, 1.165) is 22.6 Å². The molecule has 7 heteroatoms. The van der Waals surface area contributed by atoms with Crippen molar-refractivity contribution in [3.8, 4) is 17.2 Å². The molecule has 3 aromatic carbocycles. The fourth-order valence-electron chi connectivity index (χ4n) is 3.42. The van der Waals surface area contributed by atoms with Gasteiger partial charge in [0.1, 0.15) is 12.4 Å². The number of aliphatic imine (C=N–C) groups is 1. The molecule has 1 fully saturated rings.